The van der Waals surface area contributed by atoms with Crippen molar-refractivity contribution in [3.8, 4) is 11.5 Å². The molecular formula is C41H41N7O6. The van der Waals surface area contributed by atoms with E-state index in [1.54, 1.807) is 24.3 Å². The third-order valence-corrected chi connectivity index (χ3v) is 9.50. The number of fused-ring (bicyclic) bond motifs is 2. The van der Waals surface area contributed by atoms with Crippen molar-refractivity contribution in [3.05, 3.63) is 136 Å². The zero-order valence-electron chi connectivity index (χ0n) is 30.5. The second-order valence-electron chi connectivity index (χ2n) is 13.1. The lowest BCUT2D eigenvalue weighted by molar-refractivity contribution is 0.0997. The molecule has 0 saturated carbocycles. The average Bonchev–Trinajstić information content (AvgIpc) is 3.77. The first-order valence-corrected chi connectivity index (χ1v) is 17.5. The second-order valence-corrected chi connectivity index (χ2v) is 13.1. The molecular weight excluding hydrogens is 686 g/mol. The van der Waals surface area contributed by atoms with Crippen LogP contribution < -0.4 is 30.9 Å². The first kappa shape index (κ1) is 35.8. The smallest absolute Gasteiger partial charge is 0.291 e. The largest absolute Gasteiger partial charge is 0.493 e. The fourth-order valence-corrected chi connectivity index (χ4v) is 6.48. The SMILES string of the molecule is COc1cc(NC(=O)c2cc(=O)c3ccccc3o2)c(C(=O)Nc2ccc(CCN(CC3=CNCN3C)Cc3ccc4cnn(C)c4c3)cc2)cc1OC. The molecule has 0 bridgehead atoms. The second kappa shape index (κ2) is 15.6. The van der Waals surface area contributed by atoms with Gasteiger partial charge in [-0.15, -0.1) is 0 Å². The minimum Gasteiger partial charge on any atom is -0.493 e. The van der Waals surface area contributed by atoms with E-state index in [0.717, 1.165) is 55.3 Å². The summed E-state index contributed by atoms with van der Waals surface area (Å²) in [4.78, 5) is 44.4. The van der Waals surface area contributed by atoms with Crippen molar-refractivity contribution >= 4 is 45.1 Å². The highest BCUT2D eigenvalue weighted by atomic mass is 16.5. The Morgan fingerprint density at radius 2 is 1.65 bits per heavy atom. The number of carbonyl (C=O) groups is 2. The summed E-state index contributed by atoms with van der Waals surface area (Å²) in [5.41, 5.74) is 5.40. The molecule has 0 fully saturated rings. The van der Waals surface area contributed by atoms with Gasteiger partial charge in [0.2, 0.25) is 0 Å². The van der Waals surface area contributed by atoms with E-state index in [-0.39, 0.29) is 28.0 Å². The molecule has 0 saturated heterocycles. The molecule has 2 amide bonds. The van der Waals surface area contributed by atoms with Crippen LogP contribution in [0.5, 0.6) is 11.5 Å². The lowest BCUT2D eigenvalue weighted by Crippen LogP contribution is -2.31. The van der Waals surface area contributed by atoms with Crippen LogP contribution in [0.4, 0.5) is 11.4 Å². The quantitative estimate of drug-likeness (QED) is 0.138. The highest BCUT2D eigenvalue weighted by Crippen LogP contribution is 2.34. The van der Waals surface area contributed by atoms with Crippen molar-refractivity contribution in [2.24, 2.45) is 7.05 Å². The minimum absolute atomic E-state index is 0.119. The van der Waals surface area contributed by atoms with Crippen LogP contribution in [0.25, 0.3) is 21.9 Å². The van der Waals surface area contributed by atoms with E-state index in [4.69, 9.17) is 13.9 Å². The number of ether oxygens (including phenoxy) is 2. The molecule has 1 aliphatic heterocycles. The van der Waals surface area contributed by atoms with Crippen LogP contribution in [-0.4, -0.2) is 72.4 Å². The molecule has 7 rings (SSSR count). The summed E-state index contributed by atoms with van der Waals surface area (Å²) in [6.45, 7) is 3.17. The normalized spacial score (nSPS) is 12.5. The number of aryl methyl sites for hydroxylation is 1. The lowest BCUT2D eigenvalue weighted by atomic mass is 10.1. The van der Waals surface area contributed by atoms with E-state index in [1.165, 1.54) is 37.6 Å². The van der Waals surface area contributed by atoms with E-state index < -0.39 is 11.8 Å². The first-order chi connectivity index (χ1) is 26.2. The number of para-hydroxylation sites is 1. The van der Waals surface area contributed by atoms with E-state index in [0.29, 0.717) is 22.6 Å². The standard InChI is InChI=1S/C41H41N7O6/c1-46-25-42-22-30(46)24-48(23-27-9-12-28-21-43-47(2)34(28)17-27)16-15-26-10-13-29(14-11-26)44-40(50)32-18-37(52-3)38(53-4)19-33(32)45-41(51)39-20-35(49)31-7-5-6-8-36(31)54-39/h5-14,17-22,42H,15-16,23-25H2,1-4H3,(H,44,50)(H,45,51). The maximum Gasteiger partial charge on any atom is 0.291 e. The molecule has 0 spiro atoms. The average molecular weight is 728 g/mol. The Hall–Kier alpha value is -6.60. The Kier molecular flexibility index (Phi) is 10.3. The Balaban J connectivity index is 1.06. The van der Waals surface area contributed by atoms with Crippen molar-refractivity contribution < 1.29 is 23.5 Å². The zero-order chi connectivity index (χ0) is 37.8. The van der Waals surface area contributed by atoms with Crippen molar-refractivity contribution in [1.29, 1.82) is 0 Å². The summed E-state index contributed by atoms with van der Waals surface area (Å²) in [5.74, 6) is -0.798. The topological polar surface area (TPSA) is 143 Å². The van der Waals surface area contributed by atoms with Gasteiger partial charge in [-0.25, -0.2) is 0 Å². The number of hydrogen-bond donors (Lipinski definition) is 3. The van der Waals surface area contributed by atoms with E-state index in [2.05, 4.69) is 62.3 Å². The summed E-state index contributed by atoms with van der Waals surface area (Å²) in [7, 11) is 6.96. The molecule has 0 radical (unpaired) electrons. The number of likely N-dealkylation sites (N-methyl/N-ethyl adjacent to an activating group) is 1. The zero-order valence-corrected chi connectivity index (χ0v) is 30.5. The fourth-order valence-electron chi connectivity index (χ4n) is 6.48. The number of aromatic nitrogens is 2. The van der Waals surface area contributed by atoms with Crippen LogP contribution in [0.3, 0.4) is 0 Å². The van der Waals surface area contributed by atoms with Gasteiger partial charge in [-0.3, -0.25) is 24.0 Å². The Bertz CT molecular complexity index is 2440. The summed E-state index contributed by atoms with van der Waals surface area (Å²) in [6, 6.07) is 25.0. The monoisotopic (exact) mass is 727 g/mol. The van der Waals surface area contributed by atoms with Gasteiger partial charge in [-0.1, -0.05) is 36.4 Å². The van der Waals surface area contributed by atoms with Crippen LogP contribution >= 0.6 is 0 Å². The Morgan fingerprint density at radius 3 is 2.41 bits per heavy atom. The number of methoxy groups -OCH3 is 2. The van der Waals surface area contributed by atoms with Crippen LogP contribution in [0.2, 0.25) is 0 Å². The Morgan fingerprint density at radius 1 is 0.889 bits per heavy atom. The first-order valence-electron chi connectivity index (χ1n) is 17.5. The maximum atomic E-state index is 13.7. The summed E-state index contributed by atoms with van der Waals surface area (Å²) >= 11 is 0. The van der Waals surface area contributed by atoms with Gasteiger partial charge in [-0.2, -0.15) is 5.10 Å². The van der Waals surface area contributed by atoms with E-state index in [1.807, 2.05) is 42.2 Å². The summed E-state index contributed by atoms with van der Waals surface area (Å²) < 4.78 is 18.5. The van der Waals surface area contributed by atoms with Crippen LogP contribution in [0, 0.1) is 0 Å². The predicted molar refractivity (Wildman–Crippen MR) is 208 cm³/mol. The number of carbonyl (C=O) groups excluding carboxylic acids is 2. The highest BCUT2D eigenvalue weighted by molar-refractivity contribution is 6.12. The molecule has 0 unspecified atom stereocenters. The molecule has 0 atom stereocenters. The molecule has 3 N–H and O–H groups in total. The van der Waals surface area contributed by atoms with Crippen molar-refractivity contribution in [1.82, 2.24) is 24.9 Å². The van der Waals surface area contributed by atoms with Gasteiger partial charge in [-0.05, 0) is 53.9 Å². The summed E-state index contributed by atoms with van der Waals surface area (Å²) in [5, 5.41) is 14.8. The van der Waals surface area contributed by atoms with Crippen LogP contribution in [0.1, 0.15) is 32.0 Å². The Labute approximate surface area is 311 Å². The van der Waals surface area contributed by atoms with Crippen molar-refractivity contribution in [2.45, 2.75) is 13.0 Å². The molecule has 54 heavy (non-hydrogen) atoms. The third kappa shape index (κ3) is 7.76. The molecule has 13 nitrogen and oxygen atoms in total. The molecule has 4 aromatic carbocycles. The molecule has 276 valence electrons. The molecule has 0 aliphatic carbocycles. The van der Waals surface area contributed by atoms with Gasteiger partial charge in [0, 0.05) is 68.8 Å². The van der Waals surface area contributed by atoms with Crippen molar-refractivity contribution in [2.75, 3.05) is 51.7 Å². The van der Waals surface area contributed by atoms with Crippen LogP contribution in [0.15, 0.2) is 112 Å². The number of nitrogens with zero attached hydrogens (tertiary/aromatic N) is 4. The van der Waals surface area contributed by atoms with Gasteiger partial charge >= 0.3 is 0 Å². The number of nitrogens with one attached hydrogen (secondary N) is 3. The molecule has 1 aliphatic rings. The van der Waals surface area contributed by atoms with Crippen LogP contribution in [-0.2, 0) is 20.0 Å². The fraction of sp³-hybridized carbons (Fsp3) is 0.220. The summed E-state index contributed by atoms with van der Waals surface area (Å²) in [6.07, 6.45) is 4.75. The van der Waals surface area contributed by atoms with Crippen molar-refractivity contribution in [3.63, 3.8) is 0 Å². The lowest BCUT2D eigenvalue weighted by Gasteiger charge is -2.26. The molecule has 3 heterocycles. The van der Waals surface area contributed by atoms with E-state index in [9.17, 15) is 14.4 Å². The van der Waals surface area contributed by atoms with Gasteiger partial charge in [0.05, 0.1) is 49.2 Å². The van der Waals surface area contributed by atoms with Gasteiger partial charge in [0.1, 0.15) is 5.58 Å². The predicted octanol–water partition coefficient (Wildman–Crippen LogP) is 5.58. The number of hydrogen-bond acceptors (Lipinski definition) is 10. The minimum atomic E-state index is -0.706. The highest BCUT2D eigenvalue weighted by Gasteiger charge is 2.22. The maximum absolute atomic E-state index is 13.7. The van der Waals surface area contributed by atoms with Gasteiger partial charge < -0.3 is 34.7 Å². The molecule has 2 aromatic heterocycles. The number of anilines is 2. The molecule has 6 aromatic rings. The number of rotatable bonds is 13. The van der Waals surface area contributed by atoms with Gasteiger partial charge in [0.15, 0.2) is 22.7 Å². The third-order valence-electron chi connectivity index (χ3n) is 9.50. The van der Waals surface area contributed by atoms with E-state index >= 15 is 0 Å². The number of benzene rings is 4. The molecule has 13 heteroatoms. The van der Waals surface area contributed by atoms with Gasteiger partial charge in [0.25, 0.3) is 11.8 Å². The number of amides is 2.